The Kier molecular flexibility index (Phi) is 3.25. The summed E-state index contributed by atoms with van der Waals surface area (Å²) in [4.78, 5) is 0. The second-order valence-corrected chi connectivity index (χ2v) is 9.24. The van der Waals surface area contributed by atoms with Gasteiger partial charge in [0.1, 0.15) is 0 Å². The maximum Gasteiger partial charge on any atom is 0.270 e. The van der Waals surface area contributed by atoms with Crippen molar-refractivity contribution < 1.29 is 12.6 Å². The molecule has 19 heavy (non-hydrogen) atoms. The van der Waals surface area contributed by atoms with E-state index in [1.54, 1.807) is 6.92 Å². The zero-order valence-electron chi connectivity index (χ0n) is 12.3. The van der Waals surface area contributed by atoms with Gasteiger partial charge in [0.25, 0.3) is 10.1 Å². The highest BCUT2D eigenvalue weighted by atomic mass is 32.2. The molecule has 4 heteroatoms. The lowest BCUT2D eigenvalue weighted by Gasteiger charge is -2.59. The molecule has 0 spiro atoms. The molecule has 4 aliphatic rings. The van der Waals surface area contributed by atoms with Crippen LogP contribution in [0.15, 0.2) is 0 Å². The fourth-order valence-electron chi connectivity index (χ4n) is 4.79. The largest absolute Gasteiger partial charge is 0.270 e. The molecular formula is C15H26O3S. The van der Waals surface area contributed by atoms with Crippen LogP contribution >= 0.6 is 0 Å². The highest BCUT2D eigenvalue weighted by molar-refractivity contribution is 7.87. The second-order valence-electron chi connectivity index (χ2n) is 7.28. The fourth-order valence-corrected chi connectivity index (χ4v) is 6.14. The molecule has 0 aliphatic heterocycles. The first kappa shape index (κ1) is 13.9. The van der Waals surface area contributed by atoms with Crippen LogP contribution in [0.3, 0.4) is 0 Å². The lowest BCUT2D eigenvalue weighted by Crippen LogP contribution is -2.58. The smallest absolute Gasteiger partial charge is 0.263 e. The van der Waals surface area contributed by atoms with Crippen molar-refractivity contribution in [3.63, 3.8) is 0 Å². The van der Waals surface area contributed by atoms with E-state index in [9.17, 15) is 8.42 Å². The van der Waals surface area contributed by atoms with Gasteiger partial charge in [0.2, 0.25) is 0 Å². The molecule has 0 saturated heterocycles. The molecule has 4 aliphatic carbocycles. The molecule has 4 bridgehead atoms. The van der Waals surface area contributed by atoms with Gasteiger partial charge in [0, 0.05) is 0 Å². The number of hydrogen-bond donors (Lipinski definition) is 0. The molecule has 4 fully saturated rings. The van der Waals surface area contributed by atoms with Gasteiger partial charge < -0.3 is 0 Å². The van der Waals surface area contributed by atoms with Crippen molar-refractivity contribution in [3.05, 3.63) is 0 Å². The number of hydrogen-bond acceptors (Lipinski definition) is 3. The third-order valence-electron chi connectivity index (χ3n) is 6.12. The van der Waals surface area contributed by atoms with Crippen molar-refractivity contribution in [1.82, 2.24) is 0 Å². The van der Waals surface area contributed by atoms with Crippen molar-refractivity contribution in [1.29, 1.82) is 0 Å². The van der Waals surface area contributed by atoms with Crippen molar-refractivity contribution in [2.24, 2.45) is 23.7 Å². The zero-order chi connectivity index (χ0) is 13.8. The van der Waals surface area contributed by atoms with Crippen LogP contribution in [0, 0.1) is 23.7 Å². The minimum Gasteiger partial charge on any atom is -0.263 e. The standard InChI is InChI=1S/C15H26O3S/c1-4-10(2)19(16,17)18-15(3)13-6-11-5-12(8-13)9-14(15)7-11/h10-14H,4-9H2,1-3H3. The Morgan fingerprint density at radius 2 is 1.58 bits per heavy atom. The summed E-state index contributed by atoms with van der Waals surface area (Å²) in [7, 11) is -3.41. The molecule has 0 heterocycles. The molecule has 0 aromatic rings. The summed E-state index contributed by atoms with van der Waals surface area (Å²) < 4.78 is 30.5. The van der Waals surface area contributed by atoms with Gasteiger partial charge in [-0.05, 0) is 76.0 Å². The van der Waals surface area contributed by atoms with E-state index in [1.807, 2.05) is 6.92 Å². The molecule has 0 aromatic heterocycles. The third-order valence-corrected chi connectivity index (χ3v) is 8.03. The summed E-state index contributed by atoms with van der Waals surface area (Å²) in [6, 6.07) is 0. The number of rotatable bonds is 4. The predicted octanol–water partition coefficient (Wildman–Crippen LogP) is 3.35. The van der Waals surface area contributed by atoms with E-state index in [0.717, 1.165) is 11.8 Å². The van der Waals surface area contributed by atoms with Crippen LogP contribution in [0.1, 0.15) is 59.3 Å². The average Bonchev–Trinajstić information content (AvgIpc) is 2.34. The van der Waals surface area contributed by atoms with Gasteiger partial charge >= 0.3 is 0 Å². The Hall–Kier alpha value is -0.0900. The van der Waals surface area contributed by atoms with Crippen molar-refractivity contribution >= 4 is 10.1 Å². The van der Waals surface area contributed by atoms with Crippen LogP contribution in [0.4, 0.5) is 0 Å². The van der Waals surface area contributed by atoms with Crippen LogP contribution in [0.25, 0.3) is 0 Å². The van der Waals surface area contributed by atoms with Gasteiger partial charge in [-0.1, -0.05) is 6.92 Å². The monoisotopic (exact) mass is 286 g/mol. The molecule has 0 aromatic carbocycles. The summed E-state index contributed by atoms with van der Waals surface area (Å²) in [6.07, 6.45) is 6.72. The predicted molar refractivity (Wildman–Crippen MR) is 75.2 cm³/mol. The van der Waals surface area contributed by atoms with Gasteiger partial charge in [-0.2, -0.15) is 8.42 Å². The van der Waals surface area contributed by atoms with Crippen LogP contribution in [0.2, 0.25) is 0 Å². The molecule has 110 valence electrons. The highest BCUT2D eigenvalue weighted by Gasteiger charge is 2.57. The fraction of sp³-hybridized carbons (Fsp3) is 1.00. The minimum absolute atomic E-state index is 0.387. The molecule has 4 rings (SSSR count). The maximum absolute atomic E-state index is 12.3. The molecule has 3 nitrogen and oxygen atoms in total. The van der Waals surface area contributed by atoms with E-state index >= 15 is 0 Å². The first-order chi connectivity index (χ1) is 8.85. The van der Waals surface area contributed by atoms with E-state index in [1.165, 1.54) is 32.1 Å². The first-order valence-corrected chi connectivity index (χ1v) is 9.26. The van der Waals surface area contributed by atoms with Gasteiger partial charge in [-0.3, -0.25) is 4.18 Å². The molecule has 1 atom stereocenters. The lowest BCUT2D eigenvalue weighted by molar-refractivity contribution is -0.143. The van der Waals surface area contributed by atoms with Crippen LogP contribution < -0.4 is 0 Å². The maximum atomic E-state index is 12.3. The minimum atomic E-state index is -3.41. The Labute approximate surface area is 117 Å². The molecule has 4 saturated carbocycles. The van der Waals surface area contributed by atoms with E-state index < -0.39 is 15.7 Å². The van der Waals surface area contributed by atoms with Gasteiger partial charge in [0.15, 0.2) is 0 Å². The van der Waals surface area contributed by atoms with Crippen LogP contribution in [-0.4, -0.2) is 19.3 Å². The van der Waals surface area contributed by atoms with E-state index in [4.69, 9.17) is 4.18 Å². The Morgan fingerprint density at radius 1 is 1.11 bits per heavy atom. The molecule has 0 N–H and O–H groups in total. The van der Waals surface area contributed by atoms with Gasteiger partial charge in [0.05, 0.1) is 10.9 Å². The van der Waals surface area contributed by atoms with Gasteiger partial charge in [-0.25, -0.2) is 0 Å². The SMILES string of the molecule is CCC(C)S(=O)(=O)OC1(C)C2CC3CC(C2)CC1C3. The average molecular weight is 286 g/mol. The first-order valence-electron chi connectivity index (χ1n) is 7.79. The Balaban J connectivity index is 1.84. The summed E-state index contributed by atoms with van der Waals surface area (Å²) in [6.45, 7) is 5.74. The third kappa shape index (κ3) is 2.15. The lowest BCUT2D eigenvalue weighted by atomic mass is 9.50. The summed E-state index contributed by atoms with van der Waals surface area (Å²) >= 11 is 0. The van der Waals surface area contributed by atoms with E-state index in [0.29, 0.717) is 18.3 Å². The molecule has 0 radical (unpaired) electrons. The summed E-state index contributed by atoms with van der Waals surface area (Å²) in [5.74, 6) is 2.60. The van der Waals surface area contributed by atoms with E-state index in [2.05, 4.69) is 6.92 Å². The van der Waals surface area contributed by atoms with Gasteiger partial charge in [-0.15, -0.1) is 0 Å². The van der Waals surface area contributed by atoms with Crippen LogP contribution in [0.5, 0.6) is 0 Å². The molecule has 0 amide bonds. The van der Waals surface area contributed by atoms with Crippen LogP contribution in [-0.2, 0) is 14.3 Å². The van der Waals surface area contributed by atoms with Crippen molar-refractivity contribution in [3.8, 4) is 0 Å². The Morgan fingerprint density at radius 3 is 2.00 bits per heavy atom. The quantitative estimate of drug-likeness (QED) is 0.744. The normalized spacial score (nSPS) is 46.5. The molecule has 1 unspecified atom stereocenters. The highest BCUT2D eigenvalue weighted by Crippen LogP contribution is 2.59. The summed E-state index contributed by atoms with van der Waals surface area (Å²) in [5, 5.41) is -0.387. The zero-order valence-corrected chi connectivity index (χ0v) is 13.1. The topological polar surface area (TPSA) is 43.4 Å². The van der Waals surface area contributed by atoms with E-state index in [-0.39, 0.29) is 5.25 Å². The molecular weight excluding hydrogens is 260 g/mol. The summed E-state index contributed by atoms with van der Waals surface area (Å²) in [5.41, 5.74) is -0.421. The van der Waals surface area contributed by atoms with Crippen molar-refractivity contribution in [2.45, 2.75) is 70.1 Å². The van der Waals surface area contributed by atoms with Crippen molar-refractivity contribution in [2.75, 3.05) is 0 Å². The second kappa shape index (κ2) is 4.45. The Bertz CT molecular complexity index is 426.